The second-order valence-corrected chi connectivity index (χ2v) is 5.28. The Balaban J connectivity index is 1.92. The molecule has 0 fully saturated rings. The van der Waals surface area contributed by atoms with E-state index in [-0.39, 0.29) is 12.0 Å². The summed E-state index contributed by atoms with van der Waals surface area (Å²) in [5.74, 6) is -0.177. The van der Waals surface area contributed by atoms with Gasteiger partial charge in [0.25, 0.3) is 0 Å². The van der Waals surface area contributed by atoms with Crippen molar-refractivity contribution in [1.82, 2.24) is 0 Å². The van der Waals surface area contributed by atoms with Crippen molar-refractivity contribution in [2.45, 2.75) is 38.6 Å². The van der Waals surface area contributed by atoms with Gasteiger partial charge in [-0.2, -0.15) is 4.91 Å². The molecule has 0 radical (unpaired) electrons. The molecule has 1 atom stereocenters. The predicted molar refractivity (Wildman–Crippen MR) is 87.6 cm³/mol. The van der Waals surface area contributed by atoms with Crippen LogP contribution in [0.1, 0.15) is 44.2 Å². The molecule has 2 rings (SSSR count). The largest absolute Gasteiger partial charge is 0.466 e. The number of nitroso groups, excluding NO2 is 1. The van der Waals surface area contributed by atoms with Crippen LogP contribution >= 0.6 is 0 Å². The highest BCUT2D eigenvalue weighted by Gasteiger charge is 2.12. The minimum absolute atomic E-state index is 0.177. The Hall–Kier alpha value is -2.23. The molecule has 0 saturated carbocycles. The number of benzene rings is 2. The number of rotatable bonds is 8. The number of hydrogen-bond donors (Lipinski definition) is 0. The molecule has 0 aliphatic heterocycles. The van der Waals surface area contributed by atoms with Crippen LogP contribution in [0.3, 0.4) is 0 Å². The topological polar surface area (TPSA) is 55.7 Å². The van der Waals surface area contributed by atoms with Crippen LogP contribution in [-0.2, 0) is 9.53 Å². The third-order valence-electron chi connectivity index (χ3n) is 3.70. The summed E-state index contributed by atoms with van der Waals surface area (Å²) in [4.78, 5) is 22.4. The molecular formula is C18H21NO3. The van der Waals surface area contributed by atoms with Crippen LogP contribution in [0.5, 0.6) is 0 Å². The maximum atomic E-state index is 11.3. The standard InChI is InChI=1S/C18H21NO3/c1-2-22-18(20)10-6-5-9-17(19-21)16-12-11-14-7-3-4-8-15(14)13-16/h3-4,7-8,11-13,17H,2,5-6,9-10H2,1H3. The summed E-state index contributed by atoms with van der Waals surface area (Å²) < 4.78 is 4.88. The summed E-state index contributed by atoms with van der Waals surface area (Å²) in [5, 5.41) is 5.51. The van der Waals surface area contributed by atoms with Gasteiger partial charge >= 0.3 is 5.97 Å². The number of nitrogens with zero attached hydrogens (tertiary/aromatic N) is 1. The lowest BCUT2D eigenvalue weighted by Crippen LogP contribution is -2.03. The molecule has 4 heteroatoms. The zero-order valence-electron chi connectivity index (χ0n) is 12.8. The van der Waals surface area contributed by atoms with Crippen LogP contribution in [0, 0.1) is 4.91 Å². The van der Waals surface area contributed by atoms with E-state index in [1.165, 1.54) is 0 Å². The molecule has 4 nitrogen and oxygen atoms in total. The molecule has 0 aliphatic carbocycles. The Bertz CT molecular complexity index is 639. The van der Waals surface area contributed by atoms with Gasteiger partial charge in [-0.1, -0.05) is 48.0 Å². The number of carbonyl (C=O) groups excluding carboxylic acids is 1. The summed E-state index contributed by atoms with van der Waals surface area (Å²) in [6, 6.07) is 13.7. The van der Waals surface area contributed by atoms with Gasteiger partial charge in [0.2, 0.25) is 0 Å². The molecular weight excluding hydrogens is 278 g/mol. The van der Waals surface area contributed by atoms with Crippen molar-refractivity contribution in [1.29, 1.82) is 0 Å². The fourth-order valence-corrected chi connectivity index (χ4v) is 2.54. The Labute approximate surface area is 130 Å². The number of hydrogen-bond acceptors (Lipinski definition) is 4. The fourth-order valence-electron chi connectivity index (χ4n) is 2.54. The van der Waals surface area contributed by atoms with Gasteiger partial charge in [-0.3, -0.25) is 4.79 Å². The van der Waals surface area contributed by atoms with Gasteiger partial charge in [0.05, 0.1) is 6.61 Å². The zero-order valence-corrected chi connectivity index (χ0v) is 12.8. The van der Waals surface area contributed by atoms with Crippen LogP contribution in [-0.4, -0.2) is 12.6 Å². The summed E-state index contributed by atoms with van der Waals surface area (Å²) in [5.41, 5.74) is 0.935. The van der Waals surface area contributed by atoms with Crippen LogP contribution in [0.25, 0.3) is 10.8 Å². The van der Waals surface area contributed by atoms with Crippen LogP contribution in [0.15, 0.2) is 47.6 Å². The van der Waals surface area contributed by atoms with E-state index in [0.29, 0.717) is 19.4 Å². The SMILES string of the molecule is CCOC(=O)CCCCC(N=O)c1ccc2ccccc2c1. The Morgan fingerprint density at radius 1 is 1.14 bits per heavy atom. The molecule has 0 bridgehead atoms. The van der Waals surface area contributed by atoms with E-state index < -0.39 is 0 Å². The van der Waals surface area contributed by atoms with Crippen LogP contribution in [0.4, 0.5) is 0 Å². The van der Waals surface area contributed by atoms with E-state index in [4.69, 9.17) is 4.74 Å². The van der Waals surface area contributed by atoms with E-state index in [1.807, 2.05) is 42.5 Å². The van der Waals surface area contributed by atoms with E-state index in [0.717, 1.165) is 29.2 Å². The van der Waals surface area contributed by atoms with Crippen LogP contribution < -0.4 is 0 Å². The van der Waals surface area contributed by atoms with Crippen molar-refractivity contribution in [2.75, 3.05) is 6.61 Å². The number of fused-ring (bicyclic) bond motifs is 1. The highest BCUT2D eigenvalue weighted by Crippen LogP contribution is 2.27. The average molecular weight is 299 g/mol. The molecule has 0 aliphatic rings. The maximum absolute atomic E-state index is 11.3. The van der Waals surface area contributed by atoms with Gasteiger partial charge < -0.3 is 4.74 Å². The van der Waals surface area contributed by atoms with Crippen LogP contribution in [0.2, 0.25) is 0 Å². The number of esters is 1. The van der Waals surface area contributed by atoms with Gasteiger partial charge in [-0.15, -0.1) is 0 Å². The maximum Gasteiger partial charge on any atom is 0.305 e. The van der Waals surface area contributed by atoms with Crippen molar-refractivity contribution in [2.24, 2.45) is 5.18 Å². The van der Waals surface area contributed by atoms with Gasteiger partial charge in [-0.05, 0) is 42.2 Å². The number of unbranched alkanes of at least 4 members (excludes halogenated alkanes) is 1. The van der Waals surface area contributed by atoms with E-state index in [9.17, 15) is 9.70 Å². The number of carbonyl (C=O) groups is 1. The lowest BCUT2D eigenvalue weighted by Gasteiger charge is -2.10. The molecule has 0 heterocycles. The van der Waals surface area contributed by atoms with E-state index in [1.54, 1.807) is 6.92 Å². The molecule has 0 spiro atoms. The first-order valence-corrected chi connectivity index (χ1v) is 7.71. The summed E-state index contributed by atoms with van der Waals surface area (Å²) in [6.07, 6.45) is 2.55. The quantitative estimate of drug-likeness (QED) is 0.401. The molecule has 0 amide bonds. The average Bonchev–Trinajstić information content (AvgIpc) is 2.55. The highest BCUT2D eigenvalue weighted by atomic mass is 16.5. The smallest absolute Gasteiger partial charge is 0.305 e. The first kappa shape index (κ1) is 16.1. The molecule has 22 heavy (non-hydrogen) atoms. The second-order valence-electron chi connectivity index (χ2n) is 5.28. The first-order valence-electron chi connectivity index (χ1n) is 7.71. The number of ether oxygens (including phenoxy) is 1. The van der Waals surface area contributed by atoms with E-state index in [2.05, 4.69) is 5.18 Å². The Morgan fingerprint density at radius 3 is 2.64 bits per heavy atom. The predicted octanol–water partition coefficient (Wildman–Crippen LogP) is 4.77. The summed E-state index contributed by atoms with van der Waals surface area (Å²) >= 11 is 0. The lowest BCUT2D eigenvalue weighted by molar-refractivity contribution is -0.143. The fraction of sp³-hybridized carbons (Fsp3) is 0.389. The van der Waals surface area contributed by atoms with Crippen molar-refractivity contribution in [3.05, 3.63) is 52.9 Å². The van der Waals surface area contributed by atoms with Gasteiger partial charge in [0, 0.05) is 6.42 Å². The monoisotopic (exact) mass is 299 g/mol. The molecule has 0 N–H and O–H groups in total. The Kier molecular flexibility index (Phi) is 6.07. The van der Waals surface area contributed by atoms with Crippen molar-refractivity contribution < 1.29 is 9.53 Å². The van der Waals surface area contributed by atoms with Crippen molar-refractivity contribution >= 4 is 16.7 Å². The minimum Gasteiger partial charge on any atom is -0.466 e. The Morgan fingerprint density at radius 2 is 1.91 bits per heavy atom. The normalized spacial score (nSPS) is 12.0. The molecule has 2 aromatic carbocycles. The zero-order chi connectivity index (χ0) is 15.8. The summed E-state index contributed by atoms with van der Waals surface area (Å²) in [6.45, 7) is 2.21. The highest BCUT2D eigenvalue weighted by molar-refractivity contribution is 5.83. The molecule has 2 aromatic rings. The third kappa shape index (κ3) is 4.38. The van der Waals surface area contributed by atoms with Gasteiger partial charge in [0.15, 0.2) is 0 Å². The van der Waals surface area contributed by atoms with E-state index >= 15 is 0 Å². The second kappa shape index (κ2) is 8.27. The molecule has 0 aromatic heterocycles. The lowest BCUT2D eigenvalue weighted by atomic mass is 9.98. The van der Waals surface area contributed by atoms with Gasteiger partial charge in [-0.25, -0.2) is 0 Å². The van der Waals surface area contributed by atoms with Gasteiger partial charge in [0.1, 0.15) is 6.04 Å². The minimum atomic E-state index is -0.355. The van der Waals surface area contributed by atoms with Crippen molar-refractivity contribution in [3.63, 3.8) is 0 Å². The molecule has 1 unspecified atom stereocenters. The third-order valence-corrected chi connectivity index (χ3v) is 3.70. The molecule has 116 valence electrons. The molecule has 0 saturated heterocycles. The summed E-state index contributed by atoms with van der Waals surface area (Å²) in [7, 11) is 0. The first-order chi connectivity index (χ1) is 10.7. The van der Waals surface area contributed by atoms with Crippen molar-refractivity contribution in [3.8, 4) is 0 Å².